The number of ether oxygens (including phenoxy) is 6. The Kier molecular flexibility index (Phi) is 12.5. The molecule has 0 saturated carbocycles. The van der Waals surface area contributed by atoms with Gasteiger partial charge in [-0.05, 0) is 71.1 Å². The van der Waals surface area contributed by atoms with E-state index in [1.807, 2.05) is 20.8 Å². The molecule has 0 heterocycles. The van der Waals surface area contributed by atoms with E-state index < -0.39 is 48.7 Å². The van der Waals surface area contributed by atoms with Gasteiger partial charge in [-0.3, -0.25) is 9.59 Å². The van der Waals surface area contributed by atoms with Gasteiger partial charge in [0.1, 0.15) is 18.2 Å². The second kappa shape index (κ2) is 14.6. The van der Waals surface area contributed by atoms with Crippen LogP contribution in [0.15, 0.2) is 18.2 Å². The maximum absolute atomic E-state index is 12.6. The number of hydrogen-bond donors (Lipinski definition) is 1. The second-order valence-corrected chi connectivity index (χ2v) is 10.7. The number of esters is 2. The molecule has 0 unspecified atom stereocenters. The summed E-state index contributed by atoms with van der Waals surface area (Å²) in [5.41, 5.74) is 6.31. The van der Waals surface area contributed by atoms with E-state index in [0.29, 0.717) is 5.56 Å². The van der Waals surface area contributed by atoms with Crippen LogP contribution in [-0.2, 0) is 35.0 Å². The highest BCUT2D eigenvalue weighted by molar-refractivity contribution is 5.76. The van der Waals surface area contributed by atoms with E-state index >= 15 is 0 Å². The fraction of sp³-hybridized carbons (Fsp3) is 0.630. The lowest BCUT2D eigenvalue weighted by Gasteiger charge is -2.24. The van der Waals surface area contributed by atoms with Crippen molar-refractivity contribution in [2.45, 2.75) is 106 Å². The Balaban J connectivity index is 2.91. The summed E-state index contributed by atoms with van der Waals surface area (Å²) in [5, 5.41) is 0. The van der Waals surface area contributed by atoms with Gasteiger partial charge in [0.2, 0.25) is 0 Å². The minimum atomic E-state index is -1.08. The Hall–Kier alpha value is -3.34. The van der Waals surface area contributed by atoms with E-state index in [9.17, 15) is 19.2 Å². The minimum Gasteiger partial charge on any atom is -0.459 e. The molecule has 0 bridgehead atoms. The first-order chi connectivity index (χ1) is 17.5. The molecule has 0 saturated heterocycles. The van der Waals surface area contributed by atoms with Gasteiger partial charge in [-0.15, -0.1) is 0 Å². The highest BCUT2D eigenvalue weighted by atomic mass is 16.7. The first-order valence-electron chi connectivity index (χ1n) is 12.5. The summed E-state index contributed by atoms with van der Waals surface area (Å²) in [5.74, 6) is -1.31. The Bertz CT molecular complexity index is 967. The van der Waals surface area contributed by atoms with E-state index in [1.54, 1.807) is 47.6 Å². The molecule has 1 aromatic rings. The number of nitrogens with two attached hydrogens (primary N) is 1. The zero-order valence-corrected chi connectivity index (χ0v) is 23.7. The molecule has 1 aromatic carbocycles. The van der Waals surface area contributed by atoms with Crippen LogP contribution in [-0.4, -0.2) is 54.7 Å². The monoisotopic (exact) mass is 539 g/mol. The van der Waals surface area contributed by atoms with E-state index in [2.05, 4.69) is 0 Å². The third kappa shape index (κ3) is 12.8. The average Bonchev–Trinajstić information content (AvgIpc) is 2.72. The molecule has 214 valence electrons. The molecular formula is C27H41NO10. The molecule has 0 aliphatic rings. The summed E-state index contributed by atoms with van der Waals surface area (Å²) < 4.78 is 31.1. The molecule has 0 amide bonds. The van der Waals surface area contributed by atoms with E-state index in [0.717, 1.165) is 0 Å². The Morgan fingerprint density at radius 2 is 1.26 bits per heavy atom. The van der Waals surface area contributed by atoms with Crippen molar-refractivity contribution in [1.29, 1.82) is 0 Å². The minimum absolute atomic E-state index is 0.00997. The maximum Gasteiger partial charge on any atom is 0.514 e. The summed E-state index contributed by atoms with van der Waals surface area (Å²) >= 11 is 0. The van der Waals surface area contributed by atoms with Gasteiger partial charge < -0.3 is 34.2 Å². The van der Waals surface area contributed by atoms with Crippen LogP contribution >= 0.6 is 0 Å². The summed E-state index contributed by atoms with van der Waals surface area (Å²) in [6.45, 7) is 15.6. The van der Waals surface area contributed by atoms with Crippen LogP contribution in [0, 0.1) is 5.41 Å². The van der Waals surface area contributed by atoms with Crippen LogP contribution in [0.25, 0.3) is 0 Å². The quantitative estimate of drug-likeness (QED) is 0.237. The van der Waals surface area contributed by atoms with Crippen molar-refractivity contribution in [2.24, 2.45) is 11.1 Å². The summed E-state index contributed by atoms with van der Waals surface area (Å²) in [6, 6.07) is 3.24. The van der Waals surface area contributed by atoms with Crippen molar-refractivity contribution in [1.82, 2.24) is 0 Å². The van der Waals surface area contributed by atoms with Crippen molar-refractivity contribution in [3.63, 3.8) is 0 Å². The molecule has 38 heavy (non-hydrogen) atoms. The standard InChI is InChI=1S/C27H41NO10/c1-15(2)33-25(31)37-21-11-10-19(13-22(21)38-26(32)34-16(3)4)12-20(28)24(30)36-18(6)17(5)35-23(29)14-27(7,8)9/h10-11,13,15-18,20H,12,14,28H2,1-9H3/t17-,18-,20-/m0/s1. The first kappa shape index (κ1) is 32.7. The summed E-state index contributed by atoms with van der Waals surface area (Å²) in [7, 11) is 0. The average molecular weight is 540 g/mol. The number of carbonyl (C=O) groups excluding carboxylic acids is 4. The molecule has 0 aliphatic carbocycles. The fourth-order valence-corrected chi connectivity index (χ4v) is 2.94. The smallest absolute Gasteiger partial charge is 0.459 e. The van der Waals surface area contributed by atoms with Crippen LogP contribution in [0.1, 0.15) is 74.3 Å². The normalized spacial score (nSPS) is 13.8. The van der Waals surface area contributed by atoms with Crippen molar-refractivity contribution >= 4 is 24.2 Å². The predicted octanol–water partition coefficient (Wildman–Crippen LogP) is 4.70. The van der Waals surface area contributed by atoms with Gasteiger partial charge in [0.25, 0.3) is 0 Å². The fourth-order valence-electron chi connectivity index (χ4n) is 2.94. The molecule has 0 aliphatic heterocycles. The number of hydrogen-bond acceptors (Lipinski definition) is 11. The Labute approximate surface area is 224 Å². The third-order valence-electron chi connectivity index (χ3n) is 4.77. The SMILES string of the molecule is CC(C)OC(=O)Oc1ccc(C[C@H](N)C(=O)O[C@@H](C)[C@H](C)OC(=O)CC(C)(C)C)cc1OC(=O)OC(C)C. The molecule has 11 heteroatoms. The molecule has 1 rings (SSSR count). The molecular weight excluding hydrogens is 498 g/mol. The van der Waals surface area contributed by atoms with Gasteiger partial charge in [-0.25, -0.2) is 9.59 Å². The molecule has 0 fully saturated rings. The molecule has 3 atom stereocenters. The zero-order valence-electron chi connectivity index (χ0n) is 23.7. The molecule has 0 aromatic heterocycles. The van der Waals surface area contributed by atoms with Crippen LogP contribution in [0.4, 0.5) is 9.59 Å². The topological polar surface area (TPSA) is 150 Å². The highest BCUT2D eigenvalue weighted by Gasteiger charge is 2.26. The third-order valence-corrected chi connectivity index (χ3v) is 4.77. The van der Waals surface area contributed by atoms with Gasteiger partial charge in [0.15, 0.2) is 11.5 Å². The van der Waals surface area contributed by atoms with Crippen molar-refractivity contribution in [3.05, 3.63) is 23.8 Å². The van der Waals surface area contributed by atoms with Gasteiger partial charge >= 0.3 is 24.2 Å². The van der Waals surface area contributed by atoms with E-state index in [4.69, 9.17) is 34.2 Å². The van der Waals surface area contributed by atoms with Crippen LogP contribution in [0.5, 0.6) is 11.5 Å². The molecule has 2 N–H and O–H groups in total. The first-order valence-corrected chi connectivity index (χ1v) is 12.5. The van der Waals surface area contributed by atoms with Crippen LogP contribution in [0.3, 0.4) is 0 Å². The number of carbonyl (C=O) groups is 4. The van der Waals surface area contributed by atoms with Crippen molar-refractivity contribution in [2.75, 3.05) is 0 Å². The lowest BCUT2D eigenvalue weighted by atomic mass is 9.92. The van der Waals surface area contributed by atoms with Crippen LogP contribution in [0.2, 0.25) is 0 Å². The highest BCUT2D eigenvalue weighted by Crippen LogP contribution is 2.30. The second-order valence-electron chi connectivity index (χ2n) is 10.7. The summed E-state index contributed by atoms with van der Waals surface area (Å²) in [4.78, 5) is 48.7. The molecule has 11 nitrogen and oxygen atoms in total. The lowest BCUT2D eigenvalue weighted by Crippen LogP contribution is -2.39. The van der Waals surface area contributed by atoms with Gasteiger partial charge in [0.05, 0.1) is 18.6 Å². The lowest BCUT2D eigenvalue weighted by molar-refractivity contribution is -0.167. The summed E-state index contributed by atoms with van der Waals surface area (Å²) in [6.07, 6.45) is -4.03. The van der Waals surface area contributed by atoms with Crippen molar-refractivity contribution in [3.8, 4) is 11.5 Å². The maximum atomic E-state index is 12.6. The van der Waals surface area contributed by atoms with E-state index in [1.165, 1.54) is 12.1 Å². The van der Waals surface area contributed by atoms with E-state index in [-0.39, 0.29) is 35.7 Å². The van der Waals surface area contributed by atoms with Gasteiger partial charge in [-0.1, -0.05) is 26.8 Å². The largest absolute Gasteiger partial charge is 0.514 e. The Morgan fingerprint density at radius 3 is 1.76 bits per heavy atom. The van der Waals surface area contributed by atoms with Gasteiger partial charge in [-0.2, -0.15) is 0 Å². The van der Waals surface area contributed by atoms with Gasteiger partial charge in [0, 0.05) is 0 Å². The Morgan fingerprint density at radius 1 is 0.763 bits per heavy atom. The number of benzene rings is 1. The molecule has 0 spiro atoms. The predicted molar refractivity (Wildman–Crippen MR) is 138 cm³/mol. The number of rotatable bonds is 11. The zero-order chi connectivity index (χ0) is 29.2. The van der Waals surface area contributed by atoms with Crippen molar-refractivity contribution < 1.29 is 47.6 Å². The molecule has 0 radical (unpaired) electrons. The van der Waals surface area contributed by atoms with Crippen LogP contribution < -0.4 is 15.2 Å².